The van der Waals surface area contributed by atoms with Crippen molar-refractivity contribution >= 4 is 27.8 Å². The summed E-state index contributed by atoms with van der Waals surface area (Å²) in [4.78, 5) is 15.4. The largest absolute Gasteiger partial charge is 0.334 e. The monoisotopic (exact) mass is 269 g/mol. The van der Waals surface area contributed by atoms with Gasteiger partial charge in [0.15, 0.2) is 0 Å². The Bertz CT molecular complexity index is 379. The summed E-state index contributed by atoms with van der Waals surface area (Å²) in [7, 11) is 0. The summed E-state index contributed by atoms with van der Waals surface area (Å²) in [6.07, 6.45) is 3.25. The van der Waals surface area contributed by atoms with E-state index in [1.165, 1.54) is 0 Å². The molecule has 0 spiro atoms. The Balaban J connectivity index is 2.64. The van der Waals surface area contributed by atoms with Gasteiger partial charge in [-0.05, 0) is 34.5 Å². The fourth-order valence-corrected chi connectivity index (χ4v) is 1.43. The zero-order valence-corrected chi connectivity index (χ0v) is 9.97. The maximum Gasteiger partial charge on any atom is 0.320 e. The number of amides is 2. The van der Waals surface area contributed by atoms with E-state index in [9.17, 15) is 4.79 Å². The van der Waals surface area contributed by atoms with Crippen LogP contribution in [0.4, 0.5) is 10.6 Å². The number of hydrogen-bond donors (Lipinski definition) is 2. The lowest BCUT2D eigenvalue weighted by atomic mass is 10.3. The van der Waals surface area contributed by atoms with Crippen LogP contribution in [0.2, 0.25) is 0 Å². The Morgan fingerprint density at radius 1 is 1.73 bits per heavy atom. The number of anilines is 1. The molecule has 0 atom stereocenters. The second-order valence-electron chi connectivity index (χ2n) is 2.94. The van der Waals surface area contributed by atoms with Crippen molar-refractivity contribution in [3.05, 3.63) is 35.0 Å². The van der Waals surface area contributed by atoms with Crippen LogP contribution in [0.25, 0.3) is 0 Å². The van der Waals surface area contributed by atoms with Gasteiger partial charge >= 0.3 is 6.03 Å². The standard InChI is InChI=1S/C10H12BrN3O/c1-3-4-12-10(15)14-9-7(2)5-8(11)6-13-9/h3,5-6H,1,4H2,2H3,(H2,12,13,14,15). The van der Waals surface area contributed by atoms with Crippen LogP contribution >= 0.6 is 15.9 Å². The van der Waals surface area contributed by atoms with Crippen molar-refractivity contribution in [1.29, 1.82) is 0 Å². The molecule has 0 saturated carbocycles. The van der Waals surface area contributed by atoms with Gasteiger partial charge < -0.3 is 5.32 Å². The summed E-state index contributed by atoms with van der Waals surface area (Å²) in [5.41, 5.74) is 0.901. The minimum absolute atomic E-state index is 0.284. The summed E-state index contributed by atoms with van der Waals surface area (Å²) in [5.74, 6) is 0.555. The summed E-state index contributed by atoms with van der Waals surface area (Å²) >= 11 is 3.30. The highest BCUT2D eigenvalue weighted by Gasteiger charge is 2.04. The first-order valence-corrected chi connectivity index (χ1v) is 5.20. The normalized spacial score (nSPS) is 9.47. The van der Waals surface area contributed by atoms with Gasteiger partial charge in [0.25, 0.3) is 0 Å². The zero-order valence-electron chi connectivity index (χ0n) is 8.38. The highest BCUT2D eigenvalue weighted by Crippen LogP contribution is 2.16. The summed E-state index contributed by atoms with van der Waals surface area (Å²) < 4.78 is 0.886. The van der Waals surface area contributed by atoms with Crippen molar-refractivity contribution in [2.24, 2.45) is 0 Å². The predicted octanol–water partition coefficient (Wildman–Crippen LogP) is 2.46. The average Bonchev–Trinajstić information content (AvgIpc) is 2.19. The Labute approximate surface area is 96.9 Å². The molecule has 80 valence electrons. The molecule has 0 bridgehead atoms. The molecule has 2 amide bonds. The van der Waals surface area contributed by atoms with Crippen LogP contribution < -0.4 is 10.6 Å². The van der Waals surface area contributed by atoms with E-state index < -0.39 is 0 Å². The van der Waals surface area contributed by atoms with Gasteiger partial charge in [-0.25, -0.2) is 9.78 Å². The maximum absolute atomic E-state index is 11.3. The lowest BCUT2D eigenvalue weighted by Crippen LogP contribution is -2.29. The third-order valence-electron chi connectivity index (χ3n) is 1.68. The van der Waals surface area contributed by atoms with Crippen LogP contribution in [-0.4, -0.2) is 17.6 Å². The Hall–Kier alpha value is -1.36. The first-order chi connectivity index (χ1) is 7.13. The molecule has 4 nitrogen and oxygen atoms in total. The minimum atomic E-state index is -0.284. The molecule has 0 unspecified atom stereocenters. The smallest absolute Gasteiger partial charge is 0.320 e. The SMILES string of the molecule is C=CCNC(=O)Nc1ncc(Br)cc1C. The van der Waals surface area contributed by atoms with Gasteiger partial charge in [-0.15, -0.1) is 6.58 Å². The number of rotatable bonds is 3. The molecule has 0 aliphatic carbocycles. The van der Waals surface area contributed by atoms with Crippen molar-refractivity contribution in [3.8, 4) is 0 Å². The molecular formula is C10H12BrN3O. The maximum atomic E-state index is 11.3. The number of aryl methyl sites for hydroxylation is 1. The Morgan fingerprint density at radius 2 is 2.47 bits per heavy atom. The molecule has 0 aromatic carbocycles. The van der Waals surface area contributed by atoms with Gasteiger partial charge in [-0.3, -0.25) is 5.32 Å². The van der Waals surface area contributed by atoms with E-state index in [0.717, 1.165) is 10.0 Å². The van der Waals surface area contributed by atoms with E-state index in [4.69, 9.17) is 0 Å². The second kappa shape index (κ2) is 5.50. The number of hydrogen-bond acceptors (Lipinski definition) is 2. The van der Waals surface area contributed by atoms with Crippen LogP contribution in [0.3, 0.4) is 0 Å². The van der Waals surface area contributed by atoms with E-state index in [2.05, 4.69) is 38.1 Å². The van der Waals surface area contributed by atoms with Crippen LogP contribution in [0, 0.1) is 6.92 Å². The lowest BCUT2D eigenvalue weighted by Gasteiger charge is -2.07. The molecular weight excluding hydrogens is 258 g/mol. The second-order valence-corrected chi connectivity index (χ2v) is 3.86. The van der Waals surface area contributed by atoms with Gasteiger partial charge in [0, 0.05) is 17.2 Å². The van der Waals surface area contributed by atoms with E-state index in [1.54, 1.807) is 12.3 Å². The quantitative estimate of drug-likeness (QED) is 0.829. The Kier molecular flexibility index (Phi) is 4.30. The van der Waals surface area contributed by atoms with Crippen molar-refractivity contribution in [1.82, 2.24) is 10.3 Å². The van der Waals surface area contributed by atoms with E-state index in [1.807, 2.05) is 13.0 Å². The van der Waals surface area contributed by atoms with E-state index in [-0.39, 0.29) is 6.03 Å². The van der Waals surface area contributed by atoms with Crippen LogP contribution in [0.5, 0.6) is 0 Å². The van der Waals surface area contributed by atoms with Crippen molar-refractivity contribution < 1.29 is 4.79 Å². The molecule has 2 N–H and O–H groups in total. The summed E-state index contributed by atoms with van der Waals surface area (Å²) in [6.45, 7) is 5.81. The lowest BCUT2D eigenvalue weighted by molar-refractivity contribution is 0.253. The molecule has 5 heteroatoms. The van der Waals surface area contributed by atoms with Crippen molar-refractivity contribution in [2.45, 2.75) is 6.92 Å². The predicted molar refractivity (Wildman–Crippen MR) is 63.9 cm³/mol. The molecule has 0 fully saturated rings. The minimum Gasteiger partial charge on any atom is -0.334 e. The fraction of sp³-hybridized carbons (Fsp3) is 0.200. The number of carbonyl (C=O) groups is 1. The van der Waals surface area contributed by atoms with Gasteiger partial charge in [0.2, 0.25) is 0 Å². The third kappa shape index (κ3) is 3.71. The third-order valence-corrected chi connectivity index (χ3v) is 2.12. The first kappa shape index (κ1) is 11.7. The molecule has 0 saturated heterocycles. The number of nitrogens with one attached hydrogen (secondary N) is 2. The van der Waals surface area contributed by atoms with Gasteiger partial charge in [0.1, 0.15) is 5.82 Å². The van der Waals surface area contributed by atoms with Crippen LogP contribution in [0.1, 0.15) is 5.56 Å². The molecule has 1 rings (SSSR count). The number of urea groups is 1. The number of nitrogens with zero attached hydrogens (tertiary/aromatic N) is 1. The fourth-order valence-electron chi connectivity index (χ4n) is 0.988. The first-order valence-electron chi connectivity index (χ1n) is 4.41. The molecule has 1 aromatic heterocycles. The van der Waals surface area contributed by atoms with Gasteiger partial charge in [-0.2, -0.15) is 0 Å². The average molecular weight is 270 g/mol. The number of aromatic nitrogens is 1. The molecule has 1 heterocycles. The topological polar surface area (TPSA) is 54.0 Å². The number of carbonyl (C=O) groups excluding carboxylic acids is 1. The highest BCUT2D eigenvalue weighted by molar-refractivity contribution is 9.10. The van der Waals surface area contributed by atoms with Gasteiger partial charge in [0.05, 0.1) is 0 Å². The molecule has 0 aliphatic heterocycles. The number of pyridine rings is 1. The van der Waals surface area contributed by atoms with E-state index >= 15 is 0 Å². The van der Waals surface area contributed by atoms with Crippen molar-refractivity contribution in [2.75, 3.05) is 11.9 Å². The van der Waals surface area contributed by atoms with Crippen LogP contribution in [-0.2, 0) is 0 Å². The number of halogens is 1. The summed E-state index contributed by atoms with van der Waals surface area (Å²) in [6, 6.07) is 1.60. The zero-order chi connectivity index (χ0) is 11.3. The molecule has 0 radical (unpaired) electrons. The molecule has 15 heavy (non-hydrogen) atoms. The molecule has 1 aromatic rings. The van der Waals surface area contributed by atoms with E-state index in [0.29, 0.717) is 12.4 Å². The highest BCUT2D eigenvalue weighted by atomic mass is 79.9. The molecule has 0 aliphatic rings. The van der Waals surface area contributed by atoms with Crippen LogP contribution in [0.15, 0.2) is 29.4 Å². The van der Waals surface area contributed by atoms with Gasteiger partial charge in [-0.1, -0.05) is 6.08 Å². The Morgan fingerprint density at radius 3 is 3.07 bits per heavy atom. The van der Waals surface area contributed by atoms with Crippen molar-refractivity contribution in [3.63, 3.8) is 0 Å². The summed E-state index contributed by atoms with van der Waals surface area (Å²) in [5, 5.41) is 5.25.